The molecule has 1 aliphatic rings. The second kappa shape index (κ2) is 7.03. The highest BCUT2D eigenvalue weighted by atomic mass is 32.2. The Bertz CT molecular complexity index is 724. The standard InChI is InChI=1S/C17H21NO3S2/c1-21-16-9-7-14(8-10-16)15-5-2-3-11-18(13-15)23(19,20)17-6-4-12-22-17/h4,6-10,12,15H,2-3,5,11,13H2,1H3. The molecule has 0 spiro atoms. The summed E-state index contributed by atoms with van der Waals surface area (Å²) in [6, 6.07) is 11.5. The molecule has 4 nitrogen and oxygen atoms in total. The lowest BCUT2D eigenvalue weighted by Gasteiger charge is -2.23. The van der Waals surface area contributed by atoms with Crippen molar-refractivity contribution in [1.29, 1.82) is 0 Å². The quantitative estimate of drug-likeness (QED) is 0.843. The van der Waals surface area contributed by atoms with E-state index in [4.69, 9.17) is 4.74 Å². The fraction of sp³-hybridized carbons (Fsp3) is 0.412. The van der Waals surface area contributed by atoms with Gasteiger partial charge in [-0.1, -0.05) is 24.6 Å². The van der Waals surface area contributed by atoms with Gasteiger partial charge in [-0.25, -0.2) is 8.42 Å². The summed E-state index contributed by atoms with van der Waals surface area (Å²) in [6.07, 6.45) is 2.98. The minimum atomic E-state index is -3.37. The van der Waals surface area contributed by atoms with Crippen molar-refractivity contribution in [2.75, 3.05) is 20.2 Å². The van der Waals surface area contributed by atoms with E-state index >= 15 is 0 Å². The van der Waals surface area contributed by atoms with Gasteiger partial charge in [0, 0.05) is 13.1 Å². The highest BCUT2D eigenvalue weighted by Gasteiger charge is 2.30. The Morgan fingerprint density at radius 3 is 2.61 bits per heavy atom. The van der Waals surface area contributed by atoms with Gasteiger partial charge in [0.15, 0.2) is 0 Å². The first-order chi connectivity index (χ1) is 11.1. The van der Waals surface area contributed by atoms with Gasteiger partial charge in [-0.3, -0.25) is 0 Å². The second-order valence-corrected chi connectivity index (χ2v) is 8.87. The smallest absolute Gasteiger partial charge is 0.252 e. The number of methoxy groups -OCH3 is 1. The van der Waals surface area contributed by atoms with Crippen LogP contribution in [0.3, 0.4) is 0 Å². The van der Waals surface area contributed by atoms with E-state index in [1.54, 1.807) is 23.5 Å². The van der Waals surface area contributed by atoms with Crippen LogP contribution in [-0.4, -0.2) is 32.9 Å². The number of rotatable bonds is 4. The normalized spacial score (nSPS) is 20.1. The van der Waals surface area contributed by atoms with Gasteiger partial charge in [-0.15, -0.1) is 11.3 Å². The summed E-state index contributed by atoms with van der Waals surface area (Å²) in [5, 5.41) is 1.81. The third kappa shape index (κ3) is 3.59. The van der Waals surface area contributed by atoms with Crippen molar-refractivity contribution in [3.8, 4) is 5.75 Å². The zero-order valence-electron chi connectivity index (χ0n) is 13.1. The molecule has 6 heteroatoms. The molecule has 1 saturated heterocycles. The molecule has 0 saturated carbocycles. The first kappa shape index (κ1) is 16.5. The van der Waals surface area contributed by atoms with E-state index < -0.39 is 10.0 Å². The number of hydrogen-bond acceptors (Lipinski definition) is 4. The number of hydrogen-bond donors (Lipinski definition) is 0. The first-order valence-corrected chi connectivity index (χ1v) is 10.1. The number of sulfonamides is 1. The topological polar surface area (TPSA) is 46.6 Å². The summed E-state index contributed by atoms with van der Waals surface area (Å²) < 4.78 is 32.9. The largest absolute Gasteiger partial charge is 0.497 e. The third-order valence-corrected chi connectivity index (χ3v) is 7.55. The maximum absolute atomic E-state index is 12.8. The van der Waals surface area contributed by atoms with Crippen LogP contribution in [-0.2, 0) is 10.0 Å². The highest BCUT2D eigenvalue weighted by Crippen LogP contribution is 2.31. The van der Waals surface area contributed by atoms with Crippen LogP contribution in [0.2, 0.25) is 0 Å². The molecule has 2 heterocycles. The van der Waals surface area contributed by atoms with E-state index in [0.29, 0.717) is 17.3 Å². The van der Waals surface area contributed by atoms with Crippen LogP contribution in [0.5, 0.6) is 5.75 Å². The first-order valence-electron chi connectivity index (χ1n) is 7.79. The fourth-order valence-corrected chi connectivity index (χ4v) is 5.68. The molecule has 0 N–H and O–H groups in total. The lowest BCUT2D eigenvalue weighted by atomic mass is 9.94. The molecule has 3 rings (SSSR count). The summed E-state index contributed by atoms with van der Waals surface area (Å²) in [5.74, 6) is 1.06. The Balaban J connectivity index is 1.83. The predicted molar refractivity (Wildman–Crippen MR) is 92.7 cm³/mol. The van der Waals surface area contributed by atoms with Gasteiger partial charge < -0.3 is 4.74 Å². The Morgan fingerprint density at radius 2 is 1.96 bits per heavy atom. The molecular weight excluding hydrogens is 330 g/mol. The summed E-state index contributed by atoms with van der Waals surface area (Å²) >= 11 is 1.29. The predicted octanol–water partition coefficient (Wildman–Crippen LogP) is 3.72. The van der Waals surface area contributed by atoms with Crippen LogP contribution in [0.15, 0.2) is 46.0 Å². The molecule has 0 aliphatic carbocycles. The molecule has 1 aromatic carbocycles. The average Bonchev–Trinajstić information content (AvgIpc) is 3.00. The van der Waals surface area contributed by atoms with Crippen molar-refractivity contribution >= 4 is 21.4 Å². The molecule has 1 aromatic heterocycles. The van der Waals surface area contributed by atoms with Gasteiger partial charge in [0.1, 0.15) is 9.96 Å². The molecule has 124 valence electrons. The van der Waals surface area contributed by atoms with Gasteiger partial charge in [0.2, 0.25) is 0 Å². The molecular formula is C17H21NO3S2. The fourth-order valence-electron chi connectivity index (χ4n) is 3.01. The van der Waals surface area contributed by atoms with E-state index in [-0.39, 0.29) is 5.92 Å². The average molecular weight is 351 g/mol. The zero-order valence-corrected chi connectivity index (χ0v) is 14.8. The Labute approximate surface area is 141 Å². The molecule has 1 aliphatic heterocycles. The maximum Gasteiger partial charge on any atom is 0.252 e. The number of ether oxygens (including phenoxy) is 1. The molecule has 1 atom stereocenters. The zero-order chi connectivity index (χ0) is 16.3. The summed E-state index contributed by atoms with van der Waals surface area (Å²) in [4.78, 5) is 0. The van der Waals surface area contributed by atoms with Crippen molar-refractivity contribution < 1.29 is 13.2 Å². The van der Waals surface area contributed by atoms with E-state index in [0.717, 1.165) is 25.0 Å². The van der Waals surface area contributed by atoms with Gasteiger partial charge in [0.25, 0.3) is 10.0 Å². The van der Waals surface area contributed by atoms with Crippen LogP contribution >= 0.6 is 11.3 Å². The van der Waals surface area contributed by atoms with Gasteiger partial charge >= 0.3 is 0 Å². The number of benzene rings is 1. The molecule has 0 bridgehead atoms. The SMILES string of the molecule is COc1ccc(C2CCCCN(S(=O)(=O)c3cccs3)C2)cc1. The molecule has 1 fully saturated rings. The van der Waals surface area contributed by atoms with Crippen molar-refractivity contribution in [2.24, 2.45) is 0 Å². The molecule has 0 amide bonds. The van der Waals surface area contributed by atoms with Crippen molar-refractivity contribution in [1.82, 2.24) is 4.31 Å². The lowest BCUT2D eigenvalue weighted by molar-refractivity contribution is 0.405. The van der Waals surface area contributed by atoms with Gasteiger partial charge in [-0.05, 0) is 47.9 Å². The van der Waals surface area contributed by atoms with Crippen molar-refractivity contribution in [2.45, 2.75) is 29.4 Å². The third-order valence-electron chi connectivity index (χ3n) is 4.31. The Hall–Kier alpha value is -1.37. The minimum Gasteiger partial charge on any atom is -0.497 e. The van der Waals surface area contributed by atoms with E-state index in [9.17, 15) is 8.42 Å². The van der Waals surface area contributed by atoms with E-state index in [1.807, 2.05) is 29.6 Å². The summed E-state index contributed by atoms with van der Waals surface area (Å²) in [6.45, 7) is 1.15. The Kier molecular flexibility index (Phi) is 5.04. The maximum atomic E-state index is 12.8. The Morgan fingerprint density at radius 1 is 1.17 bits per heavy atom. The van der Waals surface area contributed by atoms with Gasteiger partial charge in [0.05, 0.1) is 7.11 Å². The molecule has 23 heavy (non-hydrogen) atoms. The van der Waals surface area contributed by atoms with Gasteiger partial charge in [-0.2, -0.15) is 4.31 Å². The monoisotopic (exact) mass is 351 g/mol. The van der Waals surface area contributed by atoms with Crippen LogP contribution < -0.4 is 4.74 Å². The minimum absolute atomic E-state index is 0.234. The lowest BCUT2D eigenvalue weighted by Crippen LogP contribution is -2.33. The van der Waals surface area contributed by atoms with E-state index in [1.165, 1.54) is 16.9 Å². The summed E-state index contributed by atoms with van der Waals surface area (Å²) in [5.41, 5.74) is 1.18. The number of thiophene rings is 1. The number of nitrogens with zero attached hydrogens (tertiary/aromatic N) is 1. The van der Waals surface area contributed by atoms with Crippen LogP contribution in [0.1, 0.15) is 30.7 Å². The van der Waals surface area contributed by atoms with Crippen LogP contribution in [0.25, 0.3) is 0 Å². The van der Waals surface area contributed by atoms with Crippen LogP contribution in [0, 0.1) is 0 Å². The molecule has 1 unspecified atom stereocenters. The summed E-state index contributed by atoms with van der Waals surface area (Å²) in [7, 11) is -1.72. The van der Waals surface area contributed by atoms with Crippen molar-refractivity contribution in [3.05, 3.63) is 47.3 Å². The van der Waals surface area contributed by atoms with Crippen molar-refractivity contribution in [3.63, 3.8) is 0 Å². The molecule has 0 radical (unpaired) electrons. The van der Waals surface area contributed by atoms with Crippen LogP contribution in [0.4, 0.5) is 0 Å². The molecule has 2 aromatic rings. The highest BCUT2D eigenvalue weighted by molar-refractivity contribution is 7.91. The second-order valence-electron chi connectivity index (χ2n) is 5.76. The van der Waals surface area contributed by atoms with E-state index in [2.05, 4.69) is 0 Å².